The summed E-state index contributed by atoms with van der Waals surface area (Å²) in [5, 5.41) is 11.7. The van der Waals surface area contributed by atoms with E-state index < -0.39 is 0 Å². The van der Waals surface area contributed by atoms with E-state index >= 15 is 0 Å². The van der Waals surface area contributed by atoms with Crippen molar-refractivity contribution in [1.82, 2.24) is 14.6 Å². The van der Waals surface area contributed by atoms with Gasteiger partial charge in [-0.1, -0.05) is 0 Å². The van der Waals surface area contributed by atoms with Gasteiger partial charge >= 0.3 is 0 Å². The number of aromatic nitrogens is 3. The number of hydrogen-bond acceptors (Lipinski definition) is 4. The standard InChI is InChI=1S/C12H16N6/c13-12(14)9-2-1-6-17(8-9)10-4-7-18-11(16-10)3-5-15-18/h3-5,7,9H,1-2,6,8H2,(H3,13,14). The molecule has 0 aromatic carbocycles. The highest BCUT2D eigenvalue weighted by Gasteiger charge is 2.22. The van der Waals surface area contributed by atoms with Crippen molar-refractivity contribution in [3.8, 4) is 0 Å². The highest BCUT2D eigenvalue weighted by Crippen LogP contribution is 2.21. The smallest absolute Gasteiger partial charge is 0.157 e. The maximum Gasteiger partial charge on any atom is 0.157 e. The zero-order valence-corrected chi connectivity index (χ0v) is 10.1. The van der Waals surface area contributed by atoms with Crippen LogP contribution in [0.1, 0.15) is 12.8 Å². The Hall–Kier alpha value is -2.11. The Balaban J connectivity index is 1.86. The van der Waals surface area contributed by atoms with Gasteiger partial charge in [0, 0.05) is 31.3 Å². The maximum atomic E-state index is 7.56. The minimum Gasteiger partial charge on any atom is -0.387 e. The van der Waals surface area contributed by atoms with Gasteiger partial charge in [0.25, 0.3) is 0 Å². The number of nitrogens with one attached hydrogen (secondary N) is 1. The maximum absolute atomic E-state index is 7.56. The van der Waals surface area contributed by atoms with Gasteiger partial charge in [-0.2, -0.15) is 5.10 Å². The SMILES string of the molecule is N=C(N)C1CCCN(c2ccn3nccc3n2)C1. The van der Waals surface area contributed by atoms with E-state index in [0.29, 0.717) is 0 Å². The second kappa shape index (κ2) is 4.29. The molecule has 3 N–H and O–H groups in total. The van der Waals surface area contributed by atoms with Crippen LogP contribution in [0.3, 0.4) is 0 Å². The summed E-state index contributed by atoms with van der Waals surface area (Å²) in [5.41, 5.74) is 6.45. The summed E-state index contributed by atoms with van der Waals surface area (Å²) in [5.74, 6) is 1.38. The molecule has 6 heteroatoms. The molecule has 0 amide bonds. The Bertz CT molecular complexity index is 575. The lowest BCUT2D eigenvalue weighted by Crippen LogP contribution is -2.41. The predicted molar refractivity (Wildman–Crippen MR) is 69.8 cm³/mol. The molecule has 1 atom stereocenters. The van der Waals surface area contributed by atoms with Crippen molar-refractivity contribution >= 4 is 17.3 Å². The molecule has 94 valence electrons. The third kappa shape index (κ3) is 1.90. The van der Waals surface area contributed by atoms with Gasteiger partial charge in [-0.25, -0.2) is 9.50 Å². The molecule has 18 heavy (non-hydrogen) atoms. The van der Waals surface area contributed by atoms with E-state index in [1.165, 1.54) is 0 Å². The zero-order valence-electron chi connectivity index (χ0n) is 10.1. The van der Waals surface area contributed by atoms with E-state index in [2.05, 4.69) is 15.0 Å². The van der Waals surface area contributed by atoms with Crippen molar-refractivity contribution in [2.45, 2.75) is 12.8 Å². The molecule has 0 aliphatic carbocycles. The molecule has 0 spiro atoms. The number of amidine groups is 1. The molecule has 3 heterocycles. The minimum absolute atomic E-state index is 0.154. The molecule has 2 aromatic heterocycles. The first-order valence-electron chi connectivity index (χ1n) is 6.13. The van der Waals surface area contributed by atoms with E-state index in [1.807, 2.05) is 18.3 Å². The number of nitrogens with zero attached hydrogens (tertiary/aromatic N) is 4. The third-order valence-electron chi connectivity index (χ3n) is 3.43. The summed E-state index contributed by atoms with van der Waals surface area (Å²) in [6.07, 6.45) is 5.70. The highest BCUT2D eigenvalue weighted by molar-refractivity contribution is 5.80. The van der Waals surface area contributed by atoms with Crippen molar-refractivity contribution in [3.63, 3.8) is 0 Å². The summed E-state index contributed by atoms with van der Waals surface area (Å²) >= 11 is 0. The van der Waals surface area contributed by atoms with Crippen molar-refractivity contribution in [2.75, 3.05) is 18.0 Å². The monoisotopic (exact) mass is 244 g/mol. The van der Waals surface area contributed by atoms with Crippen LogP contribution in [0.25, 0.3) is 5.65 Å². The number of hydrogen-bond donors (Lipinski definition) is 2. The second-order valence-electron chi connectivity index (χ2n) is 4.66. The molecule has 1 unspecified atom stereocenters. The summed E-state index contributed by atoms with van der Waals surface area (Å²) in [4.78, 5) is 6.76. The van der Waals surface area contributed by atoms with Gasteiger partial charge in [0.15, 0.2) is 5.65 Å². The minimum atomic E-state index is 0.154. The van der Waals surface area contributed by atoms with Crippen molar-refractivity contribution in [1.29, 1.82) is 5.41 Å². The molecule has 1 aliphatic heterocycles. The van der Waals surface area contributed by atoms with Gasteiger partial charge in [0.2, 0.25) is 0 Å². The molecule has 1 aliphatic rings. The quantitative estimate of drug-likeness (QED) is 0.607. The molecular weight excluding hydrogens is 228 g/mol. The number of fused-ring (bicyclic) bond motifs is 1. The van der Waals surface area contributed by atoms with Crippen LogP contribution in [-0.4, -0.2) is 33.5 Å². The molecule has 6 nitrogen and oxygen atoms in total. The summed E-state index contributed by atoms with van der Waals surface area (Å²) < 4.78 is 1.75. The molecule has 0 saturated carbocycles. The van der Waals surface area contributed by atoms with E-state index in [4.69, 9.17) is 11.1 Å². The fraction of sp³-hybridized carbons (Fsp3) is 0.417. The summed E-state index contributed by atoms with van der Waals surface area (Å²) in [6.45, 7) is 1.76. The Kier molecular flexibility index (Phi) is 2.62. The Morgan fingerprint density at radius 2 is 2.33 bits per heavy atom. The van der Waals surface area contributed by atoms with Crippen LogP contribution in [0, 0.1) is 11.3 Å². The van der Waals surface area contributed by atoms with E-state index in [9.17, 15) is 0 Å². The first-order valence-corrected chi connectivity index (χ1v) is 6.13. The van der Waals surface area contributed by atoms with Crippen LogP contribution in [-0.2, 0) is 0 Å². The van der Waals surface area contributed by atoms with Gasteiger partial charge < -0.3 is 10.6 Å². The average molecular weight is 244 g/mol. The molecule has 3 rings (SSSR count). The van der Waals surface area contributed by atoms with Gasteiger partial charge in [0.1, 0.15) is 5.82 Å². The number of rotatable bonds is 2. The predicted octanol–water partition coefficient (Wildman–Crippen LogP) is 0.882. The van der Waals surface area contributed by atoms with Gasteiger partial charge in [-0.05, 0) is 18.9 Å². The van der Waals surface area contributed by atoms with Crippen LogP contribution in [0.15, 0.2) is 24.5 Å². The lowest BCUT2D eigenvalue weighted by molar-refractivity contribution is 0.500. The topological polar surface area (TPSA) is 83.3 Å². The van der Waals surface area contributed by atoms with E-state index in [-0.39, 0.29) is 11.8 Å². The lowest BCUT2D eigenvalue weighted by Gasteiger charge is -2.32. The van der Waals surface area contributed by atoms with Crippen LogP contribution in [0.5, 0.6) is 0 Å². The molecule has 2 aromatic rings. The molecule has 0 bridgehead atoms. The van der Waals surface area contributed by atoms with Crippen molar-refractivity contribution in [3.05, 3.63) is 24.5 Å². The molecular formula is C12H16N6. The van der Waals surface area contributed by atoms with Crippen LogP contribution < -0.4 is 10.6 Å². The largest absolute Gasteiger partial charge is 0.387 e. The Morgan fingerprint density at radius 3 is 3.17 bits per heavy atom. The lowest BCUT2D eigenvalue weighted by atomic mass is 9.97. The Labute approximate surface area is 105 Å². The van der Waals surface area contributed by atoms with Gasteiger partial charge in [-0.15, -0.1) is 0 Å². The molecule has 1 fully saturated rings. The van der Waals surface area contributed by atoms with Gasteiger partial charge in [-0.3, -0.25) is 5.41 Å². The van der Waals surface area contributed by atoms with E-state index in [0.717, 1.165) is 37.4 Å². The van der Waals surface area contributed by atoms with Crippen LogP contribution in [0.2, 0.25) is 0 Å². The second-order valence-corrected chi connectivity index (χ2v) is 4.66. The average Bonchev–Trinajstić information content (AvgIpc) is 2.86. The Morgan fingerprint density at radius 1 is 1.44 bits per heavy atom. The molecule has 1 saturated heterocycles. The normalized spacial score (nSPS) is 20.2. The number of anilines is 1. The van der Waals surface area contributed by atoms with Crippen LogP contribution in [0.4, 0.5) is 5.82 Å². The summed E-state index contributed by atoms with van der Waals surface area (Å²) in [7, 11) is 0. The van der Waals surface area contributed by atoms with Gasteiger partial charge in [0.05, 0.1) is 12.0 Å². The molecule has 0 radical (unpaired) electrons. The highest BCUT2D eigenvalue weighted by atomic mass is 15.3. The number of piperidine rings is 1. The first-order chi connectivity index (χ1) is 8.74. The van der Waals surface area contributed by atoms with Crippen LogP contribution >= 0.6 is 0 Å². The fourth-order valence-electron chi connectivity index (χ4n) is 2.42. The van der Waals surface area contributed by atoms with Crippen molar-refractivity contribution < 1.29 is 0 Å². The fourth-order valence-corrected chi connectivity index (χ4v) is 2.42. The zero-order chi connectivity index (χ0) is 12.5. The van der Waals surface area contributed by atoms with Crippen molar-refractivity contribution in [2.24, 2.45) is 11.7 Å². The number of nitrogens with two attached hydrogens (primary N) is 1. The first kappa shape index (κ1) is 11.0. The van der Waals surface area contributed by atoms with E-state index in [1.54, 1.807) is 10.7 Å². The third-order valence-corrected chi connectivity index (χ3v) is 3.43. The summed E-state index contributed by atoms with van der Waals surface area (Å²) in [6, 6.07) is 3.85.